The number of benzene rings is 1. The maximum absolute atomic E-state index is 12.2. The quantitative estimate of drug-likeness (QED) is 0.852. The minimum Gasteiger partial charge on any atom is -0.326 e. The van der Waals surface area contributed by atoms with Crippen LogP contribution in [0.2, 0.25) is 5.02 Å². The van der Waals surface area contributed by atoms with Crippen LogP contribution < -0.4 is 10.5 Å². The summed E-state index contributed by atoms with van der Waals surface area (Å²) in [6.45, 7) is 0.324. The maximum atomic E-state index is 12.2. The Balaban J connectivity index is 2.30. The summed E-state index contributed by atoms with van der Waals surface area (Å²) in [4.78, 5) is 1.02. The van der Waals surface area contributed by atoms with Crippen molar-refractivity contribution in [2.45, 2.75) is 11.4 Å². The minimum atomic E-state index is -3.61. The van der Waals surface area contributed by atoms with Gasteiger partial charge in [0.25, 0.3) is 10.0 Å². The van der Waals surface area contributed by atoms with Crippen molar-refractivity contribution in [2.24, 2.45) is 5.73 Å². The fourth-order valence-electron chi connectivity index (χ4n) is 1.38. The highest BCUT2D eigenvalue weighted by atomic mass is 79.9. The van der Waals surface area contributed by atoms with Gasteiger partial charge in [0, 0.05) is 26.3 Å². The Kier molecular flexibility index (Phi) is 4.52. The van der Waals surface area contributed by atoms with Gasteiger partial charge in [-0.1, -0.05) is 11.6 Å². The molecule has 0 bridgehead atoms. The molecule has 0 aliphatic rings. The molecule has 1 aromatic carbocycles. The molecule has 0 fully saturated rings. The molecule has 1 aromatic heterocycles. The lowest BCUT2D eigenvalue weighted by molar-refractivity contribution is 0.601. The molecule has 0 aliphatic carbocycles. The number of sulfonamides is 1. The smallest absolute Gasteiger partial charge is 0.262 e. The van der Waals surface area contributed by atoms with Crippen molar-refractivity contribution >= 4 is 54.6 Å². The van der Waals surface area contributed by atoms with E-state index in [1.807, 2.05) is 0 Å². The first-order valence-electron chi connectivity index (χ1n) is 5.18. The van der Waals surface area contributed by atoms with Crippen LogP contribution in [0.1, 0.15) is 4.88 Å². The molecule has 0 saturated carbocycles. The van der Waals surface area contributed by atoms with Crippen molar-refractivity contribution in [3.63, 3.8) is 0 Å². The largest absolute Gasteiger partial charge is 0.326 e. The zero-order valence-electron chi connectivity index (χ0n) is 9.56. The Bertz CT molecular complexity index is 700. The van der Waals surface area contributed by atoms with E-state index >= 15 is 0 Å². The molecule has 2 rings (SSSR count). The highest BCUT2D eigenvalue weighted by Gasteiger charge is 2.17. The SMILES string of the molecule is NCc1cc(S(=O)(=O)Nc2ccc(Cl)cc2Br)cs1. The molecular formula is C11H10BrClN2O2S2. The van der Waals surface area contributed by atoms with Gasteiger partial charge in [0.15, 0.2) is 0 Å². The monoisotopic (exact) mass is 380 g/mol. The Morgan fingerprint density at radius 1 is 1.37 bits per heavy atom. The van der Waals surface area contributed by atoms with E-state index in [1.54, 1.807) is 29.6 Å². The molecule has 0 unspecified atom stereocenters. The average molecular weight is 382 g/mol. The molecule has 3 N–H and O–H groups in total. The van der Waals surface area contributed by atoms with E-state index < -0.39 is 10.0 Å². The molecule has 1 heterocycles. The summed E-state index contributed by atoms with van der Waals surface area (Å²) in [5.74, 6) is 0. The van der Waals surface area contributed by atoms with Crippen LogP contribution >= 0.6 is 38.9 Å². The first-order chi connectivity index (χ1) is 8.92. The van der Waals surface area contributed by atoms with Gasteiger partial charge >= 0.3 is 0 Å². The third-order valence-electron chi connectivity index (χ3n) is 2.32. The zero-order valence-corrected chi connectivity index (χ0v) is 13.5. The van der Waals surface area contributed by atoms with Crippen LogP contribution in [0, 0.1) is 0 Å². The van der Waals surface area contributed by atoms with E-state index in [-0.39, 0.29) is 4.90 Å². The van der Waals surface area contributed by atoms with Crippen LogP contribution in [0.5, 0.6) is 0 Å². The maximum Gasteiger partial charge on any atom is 0.262 e. The number of thiophene rings is 1. The van der Waals surface area contributed by atoms with Gasteiger partial charge in [0.05, 0.1) is 10.6 Å². The summed E-state index contributed by atoms with van der Waals surface area (Å²) in [5.41, 5.74) is 5.91. The summed E-state index contributed by atoms with van der Waals surface area (Å²) >= 11 is 10.4. The Morgan fingerprint density at radius 3 is 2.68 bits per heavy atom. The van der Waals surface area contributed by atoms with Gasteiger partial charge in [-0.05, 0) is 40.2 Å². The fraction of sp³-hybridized carbons (Fsp3) is 0.0909. The van der Waals surface area contributed by atoms with Gasteiger partial charge in [-0.25, -0.2) is 8.42 Å². The number of hydrogen-bond donors (Lipinski definition) is 2. The van der Waals surface area contributed by atoms with Gasteiger partial charge in [-0.3, -0.25) is 4.72 Å². The third kappa shape index (κ3) is 3.49. The van der Waals surface area contributed by atoms with Gasteiger partial charge in [-0.15, -0.1) is 11.3 Å². The first kappa shape index (κ1) is 14.8. The molecule has 102 valence electrons. The van der Waals surface area contributed by atoms with Crippen molar-refractivity contribution in [1.29, 1.82) is 0 Å². The summed E-state index contributed by atoms with van der Waals surface area (Å²) in [6, 6.07) is 6.40. The second-order valence-electron chi connectivity index (χ2n) is 3.68. The van der Waals surface area contributed by atoms with E-state index in [0.29, 0.717) is 21.7 Å². The standard InChI is InChI=1S/C11H10BrClN2O2S2/c12-10-3-7(13)1-2-11(10)15-19(16,17)9-4-8(5-14)18-6-9/h1-4,6,15H,5,14H2. The van der Waals surface area contributed by atoms with Gasteiger partial charge in [0.2, 0.25) is 0 Å². The number of nitrogens with two attached hydrogens (primary N) is 1. The molecule has 0 atom stereocenters. The molecule has 2 aromatic rings. The highest BCUT2D eigenvalue weighted by molar-refractivity contribution is 9.10. The summed E-state index contributed by atoms with van der Waals surface area (Å²) in [5, 5.41) is 2.09. The molecule has 19 heavy (non-hydrogen) atoms. The second-order valence-corrected chi connectivity index (χ2v) is 7.65. The molecule has 0 spiro atoms. The number of halogens is 2. The number of anilines is 1. The van der Waals surface area contributed by atoms with Crippen molar-refractivity contribution in [1.82, 2.24) is 0 Å². The molecule has 8 heteroatoms. The minimum absolute atomic E-state index is 0.208. The van der Waals surface area contributed by atoms with Crippen molar-refractivity contribution in [3.05, 3.63) is 44.0 Å². The fourth-order valence-corrected chi connectivity index (χ4v) is 4.53. The van der Waals surface area contributed by atoms with E-state index in [0.717, 1.165) is 4.88 Å². The van der Waals surface area contributed by atoms with Crippen LogP contribution in [0.15, 0.2) is 39.0 Å². The highest BCUT2D eigenvalue weighted by Crippen LogP contribution is 2.29. The molecular weight excluding hydrogens is 372 g/mol. The van der Waals surface area contributed by atoms with Crippen molar-refractivity contribution in [3.8, 4) is 0 Å². The van der Waals surface area contributed by atoms with E-state index in [4.69, 9.17) is 17.3 Å². The van der Waals surface area contributed by atoms with Crippen LogP contribution in [-0.2, 0) is 16.6 Å². The number of nitrogens with one attached hydrogen (secondary N) is 1. The Labute approximate surface area is 128 Å². The van der Waals surface area contributed by atoms with Crippen molar-refractivity contribution in [2.75, 3.05) is 4.72 Å². The van der Waals surface area contributed by atoms with Crippen LogP contribution in [-0.4, -0.2) is 8.42 Å². The van der Waals surface area contributed by atoms with Gasteiger partial charge in [0.1, 0.15) is 0 Å². The molecule has 4 nitrogen and oxygen atoms in total. The Morgan fingerprint density at radius 2 is 2.11 bits per heavy atom. The predicted octanol–water partition coefficient (Wildman–Crippen LogP) is 3.42. The predicted molar refractivity (Wildman–Crippen MR) is 82.2 cm³/mol. The molecule has 0 amide bonds. The molecule has 0 radical (unpaired) electrons. The molecule has 0 aliphatic heterocycles. The van der Waals surface area contributed by atoms with Crippen LogP contribution in [0.3, 0.4) is 0 Å². The lowest BCUT2D eigenvalue weighted by atomic mass is 10.3. The molecule has 0 saturated heterocycles. The summed E-state index contributed by atoms with van der Waals surface area (Å²) < 4.78 is 27.4. The normalized spacial score (nSPS) is 11.5. The van der Waals surface area contributed by atoms with Gasteiger partial charge < -0.3 is 5.73 Å². The first-order valence-corrected chi connectivity index (χ1v) is 8.71. The zero-order chi connectivity index (χ0) is 14.0. The third-order valence-corrected chi connectivity index (χ3v) is 5.66. The van der Waals surface area contributed by atoms with Crippen molar-refractivity contribution < 1.29 is 8.42 Å². The van der Waals surface area contributed by atoms with E-state index in [2.05, 4.69) is 20.7 Å². The lowest BCUT2D eigenvalue weighted by Crippen LogP contribution is -2.12. The van der Waals surface area contributed by atoms with E-state index in [9.17, 15) is 8.42 Å². The van der Waals surface area contributed by atoms with E-state index in [1.165, 1.54) is 11.3 Å². The lowest BCUT2D eigenvalue weighted by Gasteiger charge is -2.08. The second kappa shape index (κ2) is 5.80. The number of rotatable bonds is 4. The van der Waals surface area contributed by atoms with Gasteiger partial charge in [-0.2, -0.15) is 0 Å². The number of hydrogen-bond acceptors (Lipinski definition) is 4. The summed E-state index contributed by atoms with van der Waals surface area (Å²) in [6.07, 6.45) is 0. The average Bonchev–Trinajstić information content (AvgIpc) is 2.82. The topological polar surface area (TPSA) is 72.2 Å². The van der Waals surface area contributed by atoms with Crippen LogP contribution in [0.25, 0.3) is 0 Å². The Hall–Kier alpha value is -0.600. The summed E-state index contributed by atoms with van der Waals surface area (Å²) in [7, 11) is -3.61. The van der Waals surface area contributed by atoms with Crippen LogP contribution in [0.4, 0.5) is 5.69 Å².